The van der Waals surface area contributed by atoms with Crippen molar-refractivity contribution in [3.63, 3.8) is 0 Å². The minimum atomic E-state index is -3.65. The van der Waals surface area contributed by atoms with Gasteiger partial charge in [0.1, 0.15) is 0 Å². The van der Waals surface area contributed by atoms with Gasteiger partial charge in [-0.15, -0.1) is 0 Å². The number of hydrogen-bond donors (Lipinski definition) is 0. The van der Waals surface area contributed by atoms with Crippen molar-refractivity contribution < 1.29 is 8.42 Å². The summed E-state index contributed by atoms with van der Waals surface area (Å²) in [5.41, 5.74) is 3.50. The quantitative estimate of drug-likeness (QED) is 0.0400. The third-order valence-electron chi connectivity index (χ3n) is 13.6. The second-order valence-electron chi connectivity index (χ2n) is 18.2. The van der Waals surface area contributed by atoms with Gasteiger partial charge in [-0.2, -0.15) is 0 Å². The van der Waals surface area contributed by atoms with Crippen molar-refractivity contribution in [3.05, 3.63) is 48.1 Å². The summed E-state index contributed by atoms with van der Waals surface area (Å²) < 4.78 is 48.4. The first kappa shape index (κ1) is 50.8. The number of unbranched alkanes of at least 4 members (excludes halogenated alkanes) is 15. The Labute approximate surface area is 358 Å². The molecule has 1 heterocycles. The average molecular weight is 1030 g/mol. The second kappa shape index (κ2) is 27.4. The van der Waals surface area contributed by atoms with Crippen LogP contribution in [0.5, 0.6) is 0 Å². The topological polar surface area (TPSA) is 46.5 Å². The molecule has 1 aliphatic carbocycles. The van der Waals surface area contributed by atoms with Crippen molar-refractivity contribution in [1.29, 1.82) is 0 Å². The van der Waals surface area contributed by atoms with Gasteiger partial charge in [-0.1, -0.05) is 26.2 Å². The number of allylic oxidation sites excluding steroid dienone is 2. The van der Waals surface area contributed by atoms with Crippen molar-refractivity contribution in [3.8, 4) is 0 Å². The molecular weight excluding hydrogens is 935 g/mol. The van der Waals surface area contributed by atoms with Crippen molar-refractivity contribution >= 4 is 59.1 Å². The zero-order valence-electron chi connectivity index (χ0n) is 38.1. The predicted octanol–water partition coefficient (Wildman–Crippen LogP) is 17.2. The fourth-order valence-electron chi connectivity index (χ4n) is 10.7. The Bertz CT molecular complexity index is 1380. The van der Waals surface area contributed by atoms with Gasteiger partial charge in [0.15, 0.2) is 0 Å². The summed E-state index contributed by atoms with van der Waals surface area (Å²) >= 11 is -6.51. The number of sulfonamides is 1. The van der Waals surface area contributed by atoms with Gasteiger partial charge in [-0.3, -0.25) is 0 Å². The number of fused-ring (bicyclic) bond motifs is 1. The molecule has 0 saturated heterocycles. The van der Waals surface area contributed by atoms with Gasteiger partial charge in [0, 0.05) is 0 Å². The number of rotatable bonds is 33. The SMILES string of the molecule is CCCCCCCCCCCCS(=O)(=O)N=P1(c2ccccc2)[C]([Sn]([CH2]CCC)([CH2]CCC)[CH2]CCC)=C2CCCC2=[C]1[Sn]([CH2]CCC)([CH2]CCC)[CH2]CCC. The molecule has 1 saturated carbocycles. The summed E-state index contributed by atoms with van der Waals surface area (Å²) in [5.74, 6) is 0.242. The molecule has 2 aliphatic rings. The molecule has 0 N–H and O–H groups in total. The van der Waals surface area contributed by atoms with Crippen molar-refractivity contribution in [2.75, 3.05) is 5.75 Å². The summed E-state index contributed by atoms with van der Waals surface area (Å²) in [5, 5.41) is 1.35. The zero-order valence-corrected chi connectivity index (χ0v) is 45.6. The summed E-state index contributed by atoms with van der Waals surface area (Å²) in [4.78, 5) is 0. The van der Waals surface area contributed by atoms with Crippen LogP contribution < -0.4 is 5.30 Å². The molecule has 0 spiro atoms. The molecule has 0 unspecified atom stereocenters. The van der Waals surface area contributed by atoms with Crippen molar-refractivity contribution in [1.82, 2.24) is 0 Å². The van der Waals surface area contributed by atoms with Crippen LogP contribution in [0.2, 0.25) is 26.6 Å². The molecule has 1 fully saturated rings. The Morgan fingerprint density at radius 2 is 0.821 bits per heavy atom. The van der Waals surface area contributed by atoms with Crippen LogP contribution in [0.15, 0.2) is 52.3 Å². The second-order valence-corrected chi connectivity index (χ2v) is 51.6. The standard InChI is InChI=1S/C25H36NO2PS.6C4H9.2Sn/c1-2-3-4-5-6-7-8-9-10-14-20-30(27,28)26-29(25-18-12-11-13-19-25)21-23-16-15-17-24(23)22-29;6*1-3-4-2;;/h11-13,18-19H,2-10,14-17,20H2,1H3;6*1,3-4H2,2H3;;. The molecule has 0 aromatic heterocycles. The number of nitrogens with zero attached hydrogens (tertiary/aromatic N) is 1. The number of benzene rings is 1. The molecular formula is C49H90NO2PSSn2. The van der Waals surface area contributed by atoms with Crippen LogP contribution in [0.1, 0.15) is 209 Å². The van der Waals surface area contributed by atoms with Crippen molar-refractivity contribution in [2.24, 2.45) is 4.15 Å². The third kappa shape index (κ3) is 14.0. The Kier molecular flexibility index (Phi) is 24.9. The van der Waals surface area contributed by atoms with E-state index in [0.29, 0.717) is 0 Å². The van der Waals surface area contributed by atoms with Gasteiger partial charge < -0.3 is 0 Å². The van der Waals surface area contributed by atoms with E-state index in [-0.39, 0.29) is 5.75 Å². The fraction of sp³-hybridized carbons (Fsp3) is 0.796. The zero-order chi connectivity index (χ0) is 40.8. The third-order valence-corrected chi connectivity index (χ3v) is 61.1. The van der Waals surface area contributed by atoms with Crippen LogP contribution in [0.4, 0.5) is 0 Å². The summed E-state index contributed by atoms with van der Waals surface area (Å²) in [6.07, 6.45) is 31.1. The molecule has 0 atom stereocenters. The molecule has 3 rings (SSSR count). The predicted molar refractivity (Wildman–Crippen MR) is 259 cm³/mol. The van der Waals surface area contributed by atoms with E-state index in [4.69, 9.17) is 4.15 Å². The molecule has 56 heavy (non-hydrogen) atoms. The van der Waals surface area contributed by atoms with E-state index >= 15 is 8.42 Å². The summed E-state index contributed by atoms with van der Waals surface area (Å²) in [6, 6.07) is 11.5. The first-order valence-corrected chi connectivity index (χ1v) is 42.9. The van der Waals surface area contributed by atoms with E-state index in [1.165, 1.54) is 173 Å². The molecule has 1 aliphatic heterocycles. The monoisotopic (exact) mass is 1030 g/mol. The molecule has 7 heteroatoms. The summed E-state index contributed by atoms with van der Waals surface area (Å²) in [6.45, 7) is 16.7. The van der Waals surface area contributed by atoms with E-state index in [9.17, 15) is 0 Å². The van der Waals surface area contributed by atoms with Crippen LogP contribution in [0.25, 0.3) is 0 Å². The van der Waals surface area contributed by atoms with Crippen LogP contribution >= 0.6 is 7.05 Å². The molecule has 322 valence electrons. The molecule has 1 aromatic rings. The summed E-state index contributed by atoms with van der Waals surface area (Å²) in [7, 11) is -6.35. The fourth-order valence-corrected chi connectivity index (χ4v) is 74.5. The minimum absolute atomic E-state index is 0.242. The van der Waals surface area contributed by atoms with Gasteiger partial charge in [0.25, 0.3) is 0 Å². The average Bonchev–Trinajstić information content (AvgIpc) is 3.77. The van der Waals surface area contributed by atoms with Gasteiger partial charge in [-0.25, -0.2) is 0 Å². The van der Waals surface area contributed by atoms with Gasteiger partial charge in [-0.05, 0) is 0 Å². The maximum absolute atomic E-state index is 15.2. The molecule has 0 radical (unpaired) electrons. The van der Waals surface area contributed by atoms with Crippen LogP contribution in [-0.4, -0.2) is 50.9 Å². The van der Waals surface area contributed by atoms with Crippen LogP contribution in [0.3, 0.4) is 0 Å². The first-order valence-electron chi connectivity index (χ1n) is 24.6. The molecule has 1 aromatic carbocycles. The Morgan fingerprint density at radius 1 is 0.482 bits per heavy atom. The Balaban J connectivity index is 2.39. The maximum atomic E-state index is 15.2. The van der Waals surface area contributed by atoms with Crippen molar-refractivity contribution in [2.45, 2.75) is 236 Å². The van der Waals surface area contributed by atoms with E-state index in [2.05, 4.69) is 78.8 Å². The van der Waals surface area contributed by atoms with E-state index in [1.54, 1.807) is 11.1 Å². The van der Waals surface area contributed by atoms with Gasteiger partial charge in [0.05, 0.1) is 0 Å². The molecule has 0 bridgehead atoms. The normalized spacial score (nSPS) is 16.0. The number of hydrogen-bond acceptors (Lipinski definition) is 2. The van der Waals surface area contributed by atoms with Gasteiger partial charge in [0.2, 0.25) is 0 Å². The molecule has 3 nitrogen and oxygen atoms in total. The van der Waals surface area contributed by atoms with Crippen LogP contribution in [-0.2, 0) is 10.0 Å². The van der Waals surface area contributed by atoms with E-state index in [0.717, 1.165) is 19.3 Å². The van der Waals surface area contributed by atoms with Crippen LogP contribution in [0, 0.1) is 0 Å². The van der Waals surface area contributed by atoms with E-state index < -0.39 is 53.8 Å². The van der Waals surface area contributed by atoms with Gasteiger partial charge >= 0.3 is 335 Å². The first-order chi connectivity index (χ1) is 27.2. The molecule has 0 amide bonds. The Morgan fingerprint density at radius 3 is 1.18 bits per heavy atom. The Hall–Kier alpha value is 0.477. The van der Waals surface area contributed by atoms with E-state index in [1.807, 2.05) is 6.66 Å².